The fourth-order valence-electron chi connectivity index (χ4n) is 6.19. The fraction of sp³-hybridized carbons (Fsp3) is 0.593. The molecule has 0 bridgehead atoms. The molecule has 0 amide bonds. The van der Waals surface area contributed by atoms with Crippen molar-refractivity contribution in [1.82, 2.24) is 25.7 Å². The summed E-state index contributed by atoms with van der Waals surface area (Å²) in [4.78, 5) is 10.7. The molecular formula is C27H38FN5O2. The van der Waals surface area contributed by atoms with E-state index in [2.05, 4.69) is 33.7 Å². The average molecular weight is 484 g/mol. The van der Waals surface area contributed by atoms with Crippen LogP contribution in [-0.4, -0.2) is 65.5 Å². The van der Waals surface area contributed by atoms with Gasteiger partial charge in [-0.15, -0.1) is 0 Å². The number of alkyl halides is 1. The summed E-state index contributed by atoms with van der Waals surface area (Å²) in [5.41, 5.74) is 11.0. The van der Waals surface area contributed by atoms with Gasteiger partial charge in [-0.3, -0.25) is 10.3 Å². The Morgan fingerprint density at radius 1 is 1.26 bits per heavy atom. The SMILES string of the molecule is CCc1cc(O)ccc1C1CCC2C(c3ncc(C4=CCCN(CCCOC)C4)[nH]3)NNC2C1F. The van der Waals surface area contributed by atoms with E-state index in [0.717, 1.165) is 81.0 Å². The number of benzene rings is 1. The van der Waals surface area contributed by atoms with E-state index in [9.17, 15) is 5.11 Å². The van der Waals surface area contributed by atoms with Crippen molar-refractivity contribution in [2.45, 2.75) is 63.2 Å². The van der Waals surface area contributed by atoms with Gasteiger partial charge in [0.05, 0.1) is 24.0 Å². The Labute approximate surface area is 207 Å². The topological polar surface area (TPSA) is 85.4 Å². The van der Waals surface area contributed by atoms with E-state index in [4.69, 9.17) is 9.72 Å². The first-order valence-electron chi connectivity index (χ1n) is 13.0. The predicted molar refractivity (Wildman–Crippen MR) is 135 cm³/mol. The van der Waals surface area contributed by atoms with Crippen LogP contribution < -0.4 is 10.9 Å². The number of methoxy groups -OCH3 is 1. The zero-order valence-corrected chi connectivity index (χ0v) is 20.8. The number of rotatable bonds is 8. The molecule has 8 heteroatoms. The van der Waals surface area contributed by atoms with Gasteiger partial charge in [-0.1, -0.05) is 19.1 Å². The highest BCUT2D eigenvalue weighted by atomic mass is 19.1. The maximum Gasteiger partial charge on any atom is 0.125 e. The first kappa shape index (κ1) is 24.4. The second-order valence-electron chi connectivity index (χ2n) is 10.1. The molecule has 5 unspecified atom stereocenters. The van der Waals surface area contributed by atoms with Crippen molar-refractivity contribution in [3.05, 3.63) is 53.1 Å². The molecule has 2 aromatic rings. The number of halogens is 1. The zero-order valence-electron chi connectivity index (χ0n) is 20.8. The summed E-state index contributed by atoms with van der Waals surface area (Å²) < 4.78 is 21.0. The van der Waals surface area contributed by atoms with E-state index >= 15 is 4.39 Å². The number of aromatic nitrogens is 2. The smallest absolute Gasteiger partial charge is 0.125 e. The van der Waals surface area contributed by atoms with Crippen molar-refractivity contribution < 1.29 is 14.2 Å². The monoisotopic (exact) mass is 483 g/mol. The van der Waals surface area contributed by atoms with Gasteiger partial charge < -0.3 is 14.8 Å². The molecule has 1 aromatic carbocycles. The van der Waals surface area contributed by atoms with Crippen LogP contribution in [0.25, 0.3) is 5.57 Å². The third-order valence-electron chi connectivity index (χ3n) is 8.03. The molecule has 2 aliphatic heterocycles. The lowest BCUT2D eigenvalue weighted by Crippen LogP contribution is -2.45. The third-order valence-corrected chi connectivity index (χ3v) is 8.03. The molecule has 35 heavy (non-hydrogen) atoms. The maximum absolute atomic E-state index is 15.8. The number of ether oxygens (including phenoxy) is 1. The van der Waals surface area contributed by atoms with Crippen LogP contribution in [0.15, 0.2) is 30.5 Å². The Morgan fingerprint density at radius 3 is 2.97 bits per heavy atom. The summed E-state index contributed by atoms with van der Waals surface area (Å²) in [6.07, 6.45) is 7.78. The van der Waals surface area contributed by atoms with Crippen molar-refractivity contribution >= 4 is 5.57 Å². The number of hydrogen-bond donors (Lipinski definition) is 4. The third kappa shape index (κ3) is 5.03. The molecule has 1 saturated heterocycles. The Kier molecular flexibility index (Phi) is 7.53. The van der Waals surface area contributed by atoms with Crippen molar-refractivity contribution in [2.75, 3.05) is 33.4 Å². The Balaban J connectivity index is 1.26. The highest BCUT2D eigenvalue weighted by Crippen LogP contribution is 2.45. The number of phenolic OH excluding ortho intramolecular Hbond substituents is 1. The van der Waals surface area contributed by atoms with Crippen molar-refractivity contribution in [1.29, 1.82) is 0 Å². The van der Waals surface area contributed by atoms with Crippen LogP contribution in [0.4, 0.5) is 4.39 Å². The van der Waals surface area contributed by atoms with Crippen LogP contribution in [0.5, 0.6) is 5.75 Å². The minimum atomic E-state index is -1.00. The van der Waals surface area contributed by atoms with E-state index in [1.54, 1.807) is 19.2 Å². The van der Waals surface area contributed by atoms with Gasteiger partial charge in [-0.2, -0.15) is 0 Å². The number of hydrogen-bond acceptors (Lipinski definition) is 6. The Bertz CT molecular complexity index is 1040. The van der Waals surface area contributed by atoms with Crippen molar-refractivity contribution in [2.24, 2.45) is 5.92 Å². The van der Waals surface area contributed by atoms with Crippen LogP contribution in [0, 0.1) is 5.92 Å². The molecule has 5 rings (SSSR count). The fourth-order valence-corrected chi connectivity index (χ4v) is 6.19. The van der Waals surface area contributed by atoms with Crippen LogP contribution >= 0.6 is 0 Å². The molecule has 1 saturated carbocycles. The molecule has 3 heterocycles. The van der Waals surface area contributed by atoms with E-state index in [0.29, 0.717) is 0 Å². The van der Waals surface area contributed by atoms with E-state index in [-0.39, 0.29) is 29.7 Å². The molecule has 7 nitrogen and oxygen atoms in total. The predicted octanol–water partition coefficient (Wildman–Crippen LogP) is 3.85. The van der Waals surface area contributed by atoms with Crippen LogP contribution in [0.2, 0.25) is 0 Å². The quantitative estimate of drug-likeness (QED) is 0.427. The van der Waals surface area contributed by atoms with Crippen molar-refractivity contribution in [3.63, 3.8) is 0 Å². The number of hydrazine groups is 1. The first-order chi connectivity index (χ1) is 17.1. The van der Waals surface area contributed by atoms with Crippen molar-refractivity contribution in [3.8, 4) is 5.75 Å². The number of aryl methyl sites for hydroxylation is 1. The molecular weight excluding hydrogens is 445 g/mol. The molecule has 4 N–H and O–H groups in total. The summed E-state index contributed by atoms with van der Waals surface area (Å²) in [7, 11) is 1.75. The number of fused-ring (bicyclic) bond motifs is 1. The minimum absolute atomic E-state index is 0.0413. The van der Waals surface area contributed by atoms with Gasteiger partial charge in [0, 0.05) is 45.2 Å². The largest absolute Gasteiger partial charge is 0.508 e. The number of aromatic amines is 1. The van der Waals surface area contributed by atoms with Gasteiger partial charge in [0.25, 0.3) is 0 Å². The summed E-state index contributed by atoms with van der Waals surface area (Å²) in [5.74, 6) is 1.09. The lowest BCUT2D eigenvalue weighted by molar-refractivity contribution is 0.135. The Morgan fingerprint density at radius 2 is 2.14 bits per heavy atom. The maximum atomic E-state index is 15.8. The van der Waals surface area contributed by atoms with Crippen LogP contribution in [0.3, 0.4) is 0 Å². The number of phenols is 1. The number of nitrogens with zero attached hydrogens (tertiary/aromatic N) is 2. The molecule has 3 aliphatic rings. The second kappa shape index (κ2) is 10.8. The van der Waals surface area contributed by atoms with Gasteiger partial charge in [-0.25, -0.2) is 14.8 Å². The van der Waals surface area contributed by atoms with E-state index in [1.165, 1.54) is 5.57 Å². The normalized spacial score (nSPS) is 29.2. The number of H-pyrrole nitrogens is 1. The molecule has 2 fully saturated rings. The second-order valence-corrected chi connectivity index (χ2v) is 10.1. The number of nitrogens with one attached hydrogen (secondary N) is 3. The molecule has 0 radical (unpaired) electrons. The summed E-state index contributed by atoms with van der Waals surface area (Å²) in [6.45, 7) is 5.86. The van der Waals surface area contributed by atoms with Crippen LogP contribution in [0.1, 0.15) is 67.2 Å². The number of aromatic hydroxyl groups is 1. The van der Waals surface area contributed by atoms with E-state index in [1.807, 2.05) is 12.3 Å². The van der Waals surface area contributed by atoms with Gasteiger partial charge >= 0.3 is 0 Å². The van der Waals surface area contributed by atoms with Gasteiger partial charge in [-0.05, 0) is 60.9 Å². The number of imidazole rings is 1. The molecule has 190 valence electrons. The molecule has 5 atom stereocenters. The molecule has 1 aliphatic carbocycles. The molecule has 1 aromatic heterocycles. The Hall–Kier alpha value is -2.26. The highest BCUT2D eigenvalue weighted by Gasteiger charge is 2.48. The zero-order chi connectivity index (χ0) is 24.4. The van der Waals surface area contributed by atoms with Gasteiger partial charge in [0.15, 0.2) is 0 Å². The summed E-state index contributed by atoms with van der Waals surface area (Å²) in [6, 6.07) is 5.05. The summed E-state index contributed by atoms with van der Waals surface area (Å²) in [5, 5.41) is 9.86. The lowest BCUT2D eigenvalue weighted by atomic mass is 9.71. The van der Waals surface area contributed by atoms with Gasteiger partial charge in [0.1, 0.15) is 17.7 Å². The summed E-state index contributed by atoms with van der Waals surface area (Å²) >= 11 is 0. The highest BCUT2D eigenvalue weighted by molar-refractivity contribution is 5.64. The average Bonchev–Trinajstić information content (AvgIpc) is 3.53. The minimum Gasteiger partial charge on any atom is -0.508 e. The molecule has 0 spiro atoms. The lowest BCUT2D eigenvalue weighted by Gasteiger charge is -2.36. The van der Waals surface area contributed by atoms with E-state index < -0.39 is 6.17 Å². The van der Waals surface area contributed by atoms with Gasteiger partial charge in [0.2, 0.25) is 0 Å². The van der Waals surface area contributed by atoms with Crippen LogP contribution in [-0.2, 0) is 11.2 Å². The standard InChI is InChI=1S/C27H38FN5O2/c1-3-17-14-19(34)7-8-20(17)21-9-10-22-25(24(21)28)31-32-26(22)27-29-15-23(30-27)18-6-4-11-33(16-18)12-5-13-35-2/h6-8,14-15,21-22,24-26,31-32,34H,3-5,9-13,16H2,1-2H3,(H,29,30). The first-order valence-corrected chi connectivity index (χ1v) is 13.0.